The number of hydrogen-bond donors (Lipinski definition) is 1. The number of phenols is 1. The molecule has 1 aliphatic heterocycles. The predicted molar refractivity (Wildman–Crippen MR) is 204 cm³/mol. The summed E-state index contributed by atoms with van der Waals surface area (Å²) >= 11 is 0. The molecule has 4 aromatic carbocycles. The molecule has 1 aliphatic rings. The van der Waals surface area contributed by atoms with E-state index >= 15 is 0 Å². The zero-order chi connectivity index (χ0) is 35.2. The molecule has 51 heavy (non-hydrogen) atoms. The van der Waals surface area contributed by atoms with E-state index in [1.54, 1.807) is 6.07 Å². The lowest BCUT2D eigenvalue weighted by Crippen LogP contribution is -2.44. The van der Waals surface area contributed by atoms with Crippen LogP contribution in [0, 0.1) is 0 Å². The van der Waals surface area contributed by atoms with Gasteiger partial charge in [0.05, 0.1) is 38.7 Å². The maximum atomic E-state index is 11.3. The molecule has 0 amide bonds. The van der Waals surface area contributed by atoms with Gasteiger partial charge in [-0.05, 0) is 58.3 Å². The Bertz CT molecular complexity index is 2950. The van der Waals surface area contributed by atoms with E-state index in [-0.39, 0.29) is 16.6 Å². The van der Waals surface area contributed by atoms with Crippen LogP contribution in [0.4, 0.5) is 0 Å². The minimum absolute atomic E-state index is 0.191. The monoisotopic (exact) mass is 670 g/mol. The minimum Gasteiger partial charge on any atom is -0.507 e. The number of imidazole rings is 3. The van der Waals surface area contributed by atoms with Crippen molar-refractivity contribution >= 4 is 55.2 Å². The Morgan fingerprint density at radius 3 is 2.18 bits per heavy atom. The fraction of sp³-hybridized carbons (Fsp3) is 0.233. The van der Waals surface area contributed by atoms with Crippen molar-refractivity contribution in [2.24, 2.45) is 0 Å². The number of nitrogens with zero attached hydrogens (tertiary/aromatic N) is 6. The third-order valence-corrected chi connectivity index (χ3v) is 11.7. The van der Waals surface area contributed by atoms with Crippen LogP contribution in [-0.4, -0.2) is 33.4 Å². The molecule has 9 aromatic rings. The summed E-state index contributed by atoms with van der Waals surface area (Å²) in [5, 5.41) is 14.1. The van der Waals surface area contributed by atoms with Crippen molar-refractivity contribution < 1.29 is 9.84 Å². The number of pyridine rings is 2. The molecule has 0 spiro atoms. The van der Waals surface area contributed by atoms with Gasteiger partial charge in [-0.25, -0.2) is 4.98 Å². The summed E-state index contributed by atoms with van der Waals surface area (Å²) in [4.78, 5) is 15.6. The predicted octanol–water partition coefficient (Wildman–Crippen LogP) is 10.1. The number of para-hydroxylation sites is 5. The highest BCUT2D eigenvalue weighted by Crippen LogP contribution is 2.54. The molecule has 0 aliphatic carbocycles. The lowest BCUT2D eigenvalue weighted by molar-refractivity contribution is 0.278. The molecule has 8 nitrogen and oxygen atoms in total. The third kappa shape index (κ3) is 3.82. The molecule has 0 saturated carbocycles. The van der Waals surface area contributed by atoms with Gasteiger partial charge in [-0.15, -0.1) is 0 Å². The topological polar surface area (TPSA) is 81.9 Å². The average molecular weight is 671 g/mol. The van der Waals surface area contributed by atoms with Crippen LogP contribution in [0.5, 0.6) is 17.5 Å². The van der Waals surface area contributed by atoms with E-state index in [4.69, 9.17) is 19.7 Å². The van der Waals surface area contributed by atoms with Gasteiger partial charge in [0, 0.05) is 22.3 Å². The lowest BCUT2D eigenvalue weighted by atomic mass is 9.60. The Morgan fingerprint density at radius 2 is 1.39 bits per heavy atom. The van der Waals surface area contributed by atoms with Crippen LogP contribution >= 0.6 is 0 Å². The van der Waals surface area contributed by atoms with Crippen molar-refractivity contribution in [3.63, 3.8) is 0 Å². The Balaban J connectivity index is 1.27. The quantitative estimate of drug-likeness (QED) is 0.189. The fourth-order valence-corrected chi connectivity index (χ4v) is 8.31. The SMILES string of the molecule is CC(C)(C)c1cc(Oc2nc3c4c(O)cccc4c4cccc5c4n3c2C(C)(C)C5(C)C)nc(-n2c3ccccc3n3c4ccccc4nc23)c1. The highest BCUT2D eigenvalue weighted by atomic mass is 16.5. The van der Waals surface area contributed by atoms with Crippen LogP contribution in [0.1, 0.15) is 65.3 Å². The minimum atomic E-state index is -0.412. The number of phenolic OH excluding ortho intramolecular Hbond substituents is 1. The molecule has 0 saturated heterocycles. The zero-order valence-corrected chi connectivity index (χ0v) is 29.8. The number of aromatic nitrogens is 6. The molecule has 0 atom stereocenters. The van der Waals surface area contributed by atoms with Crippen LogP contribution in [0.25, 0.3) is 61.0 Å². The smallest absolute Gasteiger partial charge is 0.243 e. The van der Waals surface area contributed by atoms with E-state index in [1.807, 2.05) is 30.3 Å². The first-order chi connectivity index (χ1) is 24.4. The molecule has 0 radical (unpaired) electrons. The Kier molecular flexibility index (Phi) is 5.68. The van der Waals surface area contributed by atoms with Crippen LogP contribution in [0.3, 0.4) is 0 Å². The summed E-state index contributed by atoms with van der Waals surface area (Å²) in [6.45, 7) is 15.7. The van der Waals surface area contributed by atoms with Crippen LogP contribution < -0.4 is 4.74 Å². The van der Waals surface area contributed by atoms with E-state index in [9.17, 15) is 5.11 Å². The maximum Gasteiger partial charge on any atom is 0.243 e. The molecule has 5 aromatic heterocycles. The number of hydrogen-bond acceptors (Lipinski definition) is 5. The molecule has 10 rings (SSSR count). The van der Waals surface area contributed by atoms with Crippen molar-refractivity contribution in [3.05, 3.63) is 114 Å². The van der Waals surface area contributed by atoms with E-state index < -0.39 is 5.41 Å². The molecular formula is C43H38N6O2. The van der Waals surface area contributed by atoms with Crippen LogP contribution in [-0.2, 0) is 16.2 Å². The lowest BCUT2D eigenvalue weighted by Gasteiger charge is -2.45. The van der Waals surface area contributed by atoms with Gasteiger partial charge < -0.3 is 9.84 Å². The molecule has 0 bridgehead atoms. The summed E-state index contributed by atoms with van der Waals surface area (Å²) in [7, 11) is 0. The Morgan fingerprint density at radius 1 is 0.686 bits per heavy atom. The van der Waals surface area contributed by atoms with Gasteiger partial charge in [0.25, 0.3) is 0 Å². The largest absolute Gasteiger partial charge is 0.507 e. The summed E-state index contributed by atoms with van der Waals surface area (Å²) in [5.74, 6) is 2.62. The number of fused-ring (bicyclic) bond motifs is 8. The number of rotatable bonds is 3. The third-order valence-electron chi connectivity index (χ3n) is 11.7. The second-order valence-corrected chi connectivity index (χ2v) is 16.0. The van der Waals surface area contributed by atoms with Crippen LogP contribution in [0.2, 0.25) is 0 Å². The van der Waals surface area contributed by atoms with E-state index in [0.29, 0.717) is 28.6 Å². The van der Waals surface area contributed by atoms with E-state index in [0.717, 1.165) is 55.4 Å². The second-order valence-electron chi connectivity index (χ2n) is 16.0. The highest BCUT2D eigenvalue weighted by molar-refractivity contribution is 6.15. The molecule has 6 heterocycles. The van der Waals surface area contributed by atoms with Gasteiger partial charge in [0.15, 0.2) is 5.65 Å². The van der Waals surface area contributed by atoms with Gasteiger partial charge in [-0.1, -0.05) is 103 Å². The van der Waals surface area contributed by atoms with E-state index in [1.165, 1.54) is 5.56 Å². The van der Waals surface area contributed by atoms with Gasteiger partial charge in [-0.2, -0.15) is 9.97 Å². The first-order valence-electron chi connectivity index (χ1n) is 17.5. The van der Waals surface area contributed by atoms with Gasteiger partial charge >= 0.3 is 0 Å². The molecule has 252 valence electrons. The second kappa shape index (κ2) is 9.66. The average Bonchev–Trinajstić information content (AvgIpc) is 3.76. The first-order valence-corrected chi connectivity index (χ1v) is 17.5. The first kappa shape index (κ1) is 30.0. The van der Waals surface area contributed by atoms with Gasteiger partial charge in [0.2, 0.25) is 17.5 Å². The van der Waals surface area contributed by atoms with Gasteiger partial charge in [-0.3, -0.25) is 13.4 Å². The summed E-state index contributed by atoms with van der Waals surface area (Å²) in [6.07, 6.45) is 0. The van der Waals surface area contributed by atoms with Gasteiger partial charge in [0.1, 0.15) is 11.6 Å². The van der Waals surface area contributed by atoms with Crippen molar-refractivity contribution in [2.75, 3.05) is 0 Å². The number of ether oxygens (including phenoxy) is 1. The maximum absolute atomic E-state index is 11.3. The standard InChI is InChI=1S/C43H38N6O2/c1-41(2,3)24-22-33(48-31-20-11-10-19-30(31)47-29-18-9-8-17-28(29)44-40(47)48)45-34(23-24)51-39-37-43(6,7)42(4,5)27-16-12-15-26-25-14-13-21-32(50)35(25)38(46-39)49(37)36(26)27/h8-23,50H,1-7H3. The molecular weight excluding hydrogens is 633 g/mol. The fourth-order valence-electron chi connectivity index (χ4n) is 8.31. The zero-order valence-electron chi connectivity index (χ0n) is 29.8. The van der Waals surface area contributed by atoms with Crippen molar-refractivity contribution in [1.29, 1.82) is 0 Å². The molecule has 8 heteroatoms. The van der Waals surface area contributed by atoms with Crippen molar-refractivity contribution in [3.8, 4) is 23.3 Å². The number of aromatic hydroxyl groups is 1. The summed E-state index contributed by atoms with van der Waals surface area (Å²) in [6, 6.07) is 32.9. The molecule has 0 fully saturated rings. The van der Waals surface area contributed by atoms with Crippen molar-refractivity contribution in [2.45, 2.75) is 64.7 Å². The van der Waals surface area contributed by atoms with E-state index in [2.05, 4.69) is 122 Å². The van der Waals surface area contributed by atoms with Crippen LogP contribution in [0.15, 0.2) is 97.1 Å². The molecule has 1 N–H and O–H groups in total. The highest BCUT2D eigenvalue weighted by Gasteiger charge is 2.49. The number of benzene rings is 4. The Hall–Kier alpha value is -5.89. The Labute approximate surface area is 294 Å². The summed E-state index contributed by atoms with van der Waals surface area (Å²) < 4.78 is 13.5. The normalized spacial score (nSPS) is 15.4. The summed E-state index contributed by atoms with van der Waals surface area (Å²) in [5.41, 5.74) is 8.15. The molecule has 0 unspecified atom stereocenters. The van der Waals surface area contributed by atoms with Crippen molar-refractivity contribution in [1.82, 2.24) is 28.3 Å².